The van der Waals surface area contributed by atoms with Crippen LogP contribution in [0, 0.1) is 0 Å². The Bertz CT molecular complexity index is 1100. The number of hydrogen-bond donors (Lipinski definition) is 2. The van der Waals surface area contributed by atoms with E-state index in [4.69, 9.17) is 5.11 Å². The second-order valence-corrected chi connectivity index (χ2v) is 5.25. The fourth-order valence-corrected chi connectivity index (χ4v) is 2.63. The minimum absolute atomic E-state index is 0.00522. The molecule has 0 aliphatic heterocycles. The summed E-state index contributed by atoms with van der Waals surface area (Å²) >= 11 is 0. The molecule has 0 aliphatic rings. The molecule has 0 saturated heterocycles. The highest BCUT2D eigenvalue weighted by atomic mass is 16.3. The summed E-state index contributed by atoms with van der Waals surface area (Å²) in [5.74, 6) is 0.562. The zero-order valence-corrected chi connectivity index (χ0v) is 12.5. The lowest BCUT2D eigenvalue weighted by atomic mass is 10.2. The van der Waals surface area contributed by atoms with Crippen molar-refractivity contribution in [1.82, 2.24) is 24.1 Å². The molecule has 4 aromatic rings. The molecule has 0 spiro atoms. The molecular formula is C16H13N5O3. The van der Waals surface area contributed by atoms with Gasteiger partial charge in [-0.25, -0.2) is 4.98 Å². The van der Waals surface area contributed by atoms with Gasteiger partial charge in [0, 0.05) is 17.8 Å². The van der Waals surface area contributed by atoms with E-state index in [0.29, 0.717) is 22.5 Å². The molecule has 0 bridgehead atoms. The van der Waals surface area contributed by atoms with Gasteiger partial charge in [0.2, 0.25) is 5.88 Å². The maximum absolute atomic E-state index is 12.2. The van der Waals surface area contributed by atoms with Gasteiger partial charge >= 0.3 is 0 Å². The number of pyridine rings is 1. The summed E-state index contributed by atoms with van der Waals surface area (Å²) in [6.45, 7) is -0.249. The first-order valence-electron chi connectivity index (χ1n) is 7.33. The molecule has 0 radical (unpaired) electrons. The summed E-state index contributed by atoms with van der Waals surface area (Å²) < 4.78 is 2.52. The number of fused-ring (bicyclic) bond motifs is 3. The second kappa shape index (κ2) is 5.43. The Labute approximate surface area is 135 Å². The van der Waals surface area contributed by atoms with Crippen LogP contribution < -0.4 is 5.56 Å². The van der Waals surface area contributed by atoms with E-state index in [1.54, 1.807) is 0 Å². The number of benzene rings is 1. The maximum atomic E-state index is 12.2. The highest BCUT2D eigenvalue weighted by Crippen LogP contribution is 2.23. The normalized spacial score (nSPS) is 11.4. The standard InChI is InChI=1S/C16H13N5O3/c22-7-6-20-13(23)8-12-11(15(20)24)9-17-16-18-14(19-21(12)16)10-4-2-1-3-5-10/h1-5,8-9,22,24H,6-7H2. The first-order chi connectivity index (χ1) is 11.7. The molecular weight excluding hydrogens is 310 g/mol. The Hall–Kier alpha value is -3.26. The second-order valence-electron chi connectivity index (χ2n) is 5.25. The number of aliphatic hydroxyl groups is 1. The maximum Gasteiger partial charge on any atom is 0.255 e. The minimum Gasteiger partial charge on any atom is -0.494 e. The van der Waals surface area contributed by atoms with Crippen molar-refractivity contribution < 1.29 is 10.2 Å². The average molecular weight is 323 g/mol. The van der Waals surface area contributed by atoms with Crippen LogP contribution in [0.25, 0.3) is 28.1 Å². The van der Waals surface area contributed by atoms with Crippen LogP contribution in [0.15, 0.2) is 47.4 Å². The van der Waals surface area contributed by atoms with Gasteiger partial charge in [-0.15, -0.1) is 5.10 Å². The number of nitrogens with zero attached hydrogens (tertiary/aromatic N) is 5. The zero-order valence-electron chi connectivity index (χ0n) is 12.5. The first kappa shape index (κ1) is 14.3. The van der Waals surface area contributed by atoms with E-state index in [2.05, 4.69) is 15.1 Å². The van der Waals surface area contributed by atoms with Crippen molar-refractivity contribution >= 4 is 16.7 Å². The Morgan fingerprint density at radius 3 is 2.71 bits per heavy atom. The number of aromatic hydroxyl groups is 1. The Balaban J connectivity index is 2.01. The highest BCUT2D eigenvalue weighted by Gasteiger charge is 2.15. The van der Waals surface area contributed by atoms with Crippen molar-refractivity contribution in [2.45, 2.75) is 6.54 Å². The minimum atomic E-state index is -0.432. The third-order valence-electron chi connectivity index (χ3n) is 3.78. The smallest absolute Gasteiger partial charge is 0.255 e. The highest BCUT2D eigenvalue weighted by molar-refractivity contribution is 5.84. The lowest BCUT2D eigenvalue weighted by molar-refractivity contribution is 0.265. The van der Waals surface area contributed by atoms with Crippen LogP contribution in [0.4, 0.5) is 0 Å². The average Bonchev–Trinajstić information content (AvgIpc) is 3.04. The molecule has 8 nitrogen and oxygen atoms in total. The van der Waals surface area contributed by atoms with Crippen LogP contribution in [0.3, 0.4) is 0 Å². The van der Waals surface area contributed by atoms with E-state index in [9.17, 15) is 9.90 Å². The first-order valence-corrected chi connectivity index (χ1v) is 7.33. The van der Waals surface area contributed by atoms with Crippen LogP contribution in [0.5, 0.6) is 5.88 Å². The lowest BCUT2D eigenvalue weighted by Crippen LogP contribution is -2.21. The topological polar surface area (TPSA) is 106 Å². The van der Waals surface area contributed by atoms with Gasteiger partial charge in [0.1, 0.15) is 0 Å². The van der Waals surface area contributed by atoms with Gasteiger partial charge in [-0.2, -0.15) is 9.50 Å². The molecule has 0 fully saturated rings. The fraction of sp³-hybridized carbons (Fsp3) is 0.125. The SMILES string of the molecule is O=c1cc2c(cnc3nc(-c4ccccc4)nn32)c(O)n1CCO. The van der Waals surface area contributed by atoms with Crippen molar-refractivity contribution in [3.63, 3.8) is 0 Å². The van der Waals surface area contributed by atoms with E-state index in [1.165, 1.54) is 16.8 Å². The molecule has 0 aliphatic carbocycles. The monoisotopic (exact) mass is 323 g/mol. The van der Waals surface area contributed by atoms with Gasteiger partial charge < -0.3 is 10.2 Å². The van der Waals surface area contributed by atoms with Crippen LogP contribution in [-0.4, -0.2) is 41.0 Å². The van der Waals surface area contributed by atoms with Crippen LogP contribution in [0.2, 0.25) is 0 Å². The summed E-state index contributed by atoms with van der Waals surface area (Å²) in [5.41, 5.74) is 0.804. The van der Waals surface area contributed by atoms with Gasteiger partial charge in [-0.05, 0) is 0 Å². The molecule has 3 heterocycles. The van der Waals surface area contributed by atoms with Crippen LogP contribution in [-0.2, 0) is 6.54 Å². The number of aromatic nitrogens is 5. The molecule has 1 aromatic carbocycles. The molecule has 120 valence electrons. The van der Waals surface area contributed by atoms with Gasteiger partial charge in [0.05, 0.1) is 24.1 Å². The molecule has 0 saturated carbocycles. The molecule has 3 aromatic heterocycles. The number of aliphatic hydroxyl groups excluding tert-OH is 1. The summed E-state index contributed by atoms with van der Waals surface area (Å²) in [7, 11) is 0. The summed E-state index contributed by atoms with van der Waals surface area (Å²) in [6.07, 6.45) is 1.44. The van der Waals surface area contributed by atoms with E-state index >= 15 is 0 Å². The van der Waals surface area contributed by atoms with Crippen LogP contribution >= 0.6 is 0 Å². The number of hydrogen-bond acceptors (Lipinski definition) is 6. The summed E-state index contributed by atoms with van der Waals surface area (Å²) in [5, 5.41) is 24.1. The molecule has 0 amide bonds. The van der Waals surface area contributed by atoms with Gasteiger partial charge in [0.15, 0.2) is 5.82 Å². The zero-order chi connectivity index (χ0) is 16.7. The largest absolute Gasteiger partial charge is 0.494 e. The Kier molecular flexibility index (Phi) is 3.24. The van der Waals surface area contributed by atoms with Crippen molar-refractivity contribution in [2.24, 2.45) is 0 Å². The molecule has 0 unspecified atom stereocenters. The van der Waals surface area contributed by atoms with Gasteiger partial charge in [-0.3, -0.25) is 9.36 Å². The molecule has 4 rings (SSSR count). The van der Waals surface area contributed by atoms with E-state index in [1.807, 2.05) is 30.3 Å². The van der Waals surface area contributed by atoms with Gasteiger partial charge in [-0.1, -0.05) is 30.3 Å². The summed E-state index contributed by atoms with van der Waals surface area (Å²) in [4.78, 5) is 20.7. The predicted molar refractivity (Wildman–Crippen MR) is 86.7 cm³/mol. The van der Waals surface area contributed by atoms with Crippen molar-refractivity contribution in [3.8, 4) is 17.3 Å². The van der Waals surface area contributed by atoms with E-state index < -0.39 is 5.56 Å². The molecule has 0 atom stereocenters. The third kappa shape index (κ3) is 2.12. The third-order valence-corrected chi connectivity index (χ3v) is 3.78. The van der Waals surface area contributed by atoms with E-state index in [0.717, 1.165) is 10.1 Å². The lowest BCUT2D eigenvalue weighted by Gasteiger charge is -2.09. The predicted octanol–water partition coefficient (Wildman–Crippen LogP) is 0.804. The van der Waals surface area contributed by atoms with Crippen molar-refractivity contribution in [3.05, 3.63) is 52.9 Å². The van der Waals surface area contributed by atoms with Crippen molar-refractivity contribution in [2.75, 3.05) is 6.61 Å². The van der Waals surface area contributed by atoms with Crippen LogP contribution in [0.1, 0.15) is 0 Å². The Morgan fingerprint density at radius 2 is 1.96 bits per heavy atom. The van der Waals surface area contributed by atoms with Crippen molar-refractivity contribution in [1.29, 1.82) is 0 Å². The summed E-state index contributed by atoms with van der Waals surface area (Å²) in [6, 6.07) is 10.8. The number of rotatable bonds is 3. The fourth-order valence-electron chi connectivity index (χ4n) is 2.63. The molecule has 2 N–H and O–H groups in total. The molecule has 24 heavy (non-hydrogen) atoms. The molecule has 8 heteroatoms. The van der Waals surface area contributed by atoms with Gasteiger partial charge in [0.25, 0.3) is 11.3 Å². The quantitative estimate of drug-likeness (QED) is 0.578. The van der Waals surface area contributed by atoms with E-state index in [-0.39, 0.29) is 19.0 Å². The Morgan fingerprint density at radius 1 is 1.17 bits per heavy atom.